The van der Waals surface area contributed by atoms with Gasteiger partial charge in [0.1, 0.15) is 0 Å². The van der Waals surface area contributed by atoms with Crippen molar-refractivity contribution in [3.63, 3.8) is 0 Å². The minimum Gasteiger partial charge on any atom is -0.311 e. The van der Waals surface area contributed by atoms with Crippen molar-refractivity contribution in [2.24, 2.45) is 0 Å². The zero-order valence-electron chi connectivity index (χ0n) is 30.0. The molecule has 0 N–H and O–H groups in total. The summed E-state index contributed by atoms with van der Waals surface area (Å²) in [5.74, 6) is 0. The molecular formula is C52H35N3. The van der Waals surface area contributed by atoms with Crippen LogP contribution in [0.15, 0.2) is 212 Å². The summed E-state index contributed by atoms with van der Waals surface area (Å²) in [6, 6.07) is 76.8. The van der Waals surface area contributed by atoms with E-state index in [4.69, 9.17) is 0 Å². The van der Waals surface area contributed by atoms with Crippen molar-refractivity contribution in [3.8, 4) is 22.5 Å². The van der Waals surface area contributed by atoms with E-state index in [1.54, 1.807) is 0 Å². The minimum atomic E-state index is 1.12. The molecule has 0 aliphatic carbocycles. The van der Waals surface area contributed by atoms with Gasteiger partial charge < -0.3 is 14.0 Å². The summed E-state index contributed by atoms with van der Waals surface area (Å²) >= 11 is 0. The lowest BCUT2D eigenvalue weighted by Crippen LogP contribution is -2.09. The van der Waals surface area contributed by atoms with Gasteiger partial charge in [0.2, 0.25) is 0 Å². The second-order valence-corrected chi connectivity index (χ2v) is 14.2. The lowest BCUT2D eigenvalue weighted by molar-refractivity contribution is 1.18. The number of para-hydroxylation sites is 4. The number of aromatic nitrogens is 2. The predicted molar refractivity (Wildman–Crippen MR) is 233 cm³/mol. The maximum Gasteiger partial charge on any atom is 0.0641 e. The van der Waals surface area contributed by atoms with Crippen LogP contribution in [0.2, 0.25) is 0 Å². The van der Waals surface area contributed by atoms with Crippen molar-refractivity contribution in [1.29, 1.82) is 0 Å². The van der Waals surface area contributed by atoms with Gasteiger partial charge in [-0.3, -0.25) is 0 Å². The monoisotopic (exact) mass is 701 g/mol. The highest BCUT2D eigenvalue weighted by Crippen LogP contribution is 2.42. The Morgan fingerprint density at radius 3 is 1.53 bits per heavy atom. The van der Waals surface area contributed by atoms with Crippen LogP contribution in [0.5, 0.6) is 0 Å². The molecule has 2 heterocycles. The van der Waals surface area contributed by atoms with Gasteiger partial charge in [-0.05, 0) is 101 Å². The van der Waals surface area contributed by atoms with E-state index in [2.05, 4.69) is 226 Å². The highest BCUT2D eigenvalue weighted by Gasteiger charge is 2.21. The molecule has 0 atom stereocenters. The molecule has 11 aromatic rings. The van der Waals surface area contributed by atoms with Crippen molar-refractivity contribution < 1.29 is 0 Å². The molecule has 0 aliphatic heterocycles. The van der Waals surface area contributed by atoms with Gasteiger partial charge in [0, 0.05) is 50.0 Å². The Kier molecular flexibility index (Phi) is 7.17. The van der Waals surface area contributed by atoms with Crippen LogP contribution in [0.4, 0.5) is 17.1 Å². The first-order valence-electron chi connectivity index (χ1n) is 18.9. The van der Waals surface area contributed by atoms with E-state index in [1.807, 2.05) is 0 Å². The normalized spacial score (nSPS) is 11.6. The standard InChI is InChI=1S/C52H35N3/c1-3-15-40(16-4-1)53(41-17-5-2-6-18-41)42-28-23-37(24-29-42)38-25-30-43(31-26-38)55-48-21-11-9-19-45(48)46-33-34-50-51(52(46)55)47-20-10-12-22-49(47)54(50)44-32-27-36-13-7-8-14-39(36)35-44/h1-35H. The fraction of sp³-hybridized carbons (Fsp3) is 0. The van der Waals surface area contributed by atoms with Crippen molar-refractivity contribution in [1.82, 2.24) is 9.13 Å². The SMILES string of the molecule is c1ccc(N(c2ccccc2)c2ccc(-c3ccc(-n4c5ccccc5c5ccc6c(c7ccccc7n6-c6ccc7ccccc7c6)c54)cc3)cc2)cc1. The van der Waals surface area contributed by atoms with Gasteiger partial charge in [-0.25, -0.2) is 0 Å². The van der Waals surface area contributed by atoms with Crippen LogP contribution in [0.1, 0.15) is 0 Å². The first-order chi connectivity index (χ1) is 27.3. The Bertz CT molecular complexity index is 3130. The first-order valence-corrected chi connectivity index (χ1v) is 18.9. The zero-order chi connectivity index (χ0) is 36.3. The molecule has 55 heavy (non-hydrogen) atoms. The Hall–Kier alpha value is -7.36. The van der Waals surface area contributed by atoms with Gasteiger partial charge >= 0.3 is 0 Å². The van der Waals surface area contributed by atoms with Crippen LogP contribution >= 0.6 is 0 Å². The molecule has 3 nitrogen and oxygen atoms in total. The number of benzene rings is 9. The van der Waals surface area contributed by atoms with Crippen molar-refractivity contribution in [2.45, 2.75) is 0 Å². The van der Waals surface area contributed by atoms with E-state index in [1.165, 1.54) is 65.5 Å². The van der Waals surface area contributed by atoms with Crippen molar-refractivity contribution >= 4 is 71.4 Å². The third-order valence-corrected chi connectivity index (χ3v) is 11.1. The van der Waals surface area contributed by atoms with Crippen LogP contribution in [0.25, 0.3) is 76.9 Å². The number of rotatable bonds is 6. The average Bonchev–Trinajstić information content (AvgIpc) is 3.78. The van der Waals surface area contributed by atoms with Crippen LogP contribution in [0.3, 0.4) is 0 Å². The highest BCUT2D eigenvalue weighted by atomic mass is 15.1. The molecule has 9 aromatic carbocycles. The topological polar surface area (TPSA) is 13.1 Å². The summed E-state index contributed by atoms with van der Waals surface area (Å²) in [7, 11) is 0. The average molecular weight is 702 g/mol. The van der Waals surface area contributed by atoms with Gasteiger partial charge in [-0.15, -0.1) is 0 Å². The van der Waals surface area contributed by atoms with Gasteiger partial charge in [0.15, 0.2) is 0 Å². The molecule has 0 amide bonds. The van der Waals surface area contributed by atoms with E-state index >= 15 is 0 Å². The number of fused-ring (bicyclic) bond motifs is 8. The molecular weight excluding hydrogens is 667 g/mol. The summed E-state index contributed by atoms with van der Waals surface area (Å²) in [4.78, 5) is 2.30. The molecule has 258 valence electrons. The highest BCUT2D eigenvalue weighted by molar-refractivity contribution is 6.26. The van der Waals surface area contributed by atoms with E-state index in [-0.39, 0.29) is 0 Å². The van der Waals surface area contributed by atoms with Gasteiger partial charge in [0.05, 0.1) is 22.1 Å². The lowest BCUT2D eigenvalue weighted by atomic mass is 10.0. The molecule has 0 spiro atoms. The van der Waals surface area contributed by atoms with Gasteiger partial charge in [-0.2, -0.15) is 0 Å². The summed E-state index contributed by atoms with van der Waals surface area (Å²) in [6.45, 7) is 0. The number of hydrogen-bond donors (Lipinski definition) is 0. The molecule has 0 unspecified atom stereocenters. The Labute approximate surface area is 319 Å². The van der Waals surface area contributed by atoms with Crippen LogP contribution in [0, 0.1) is 0 Å². The van der Waals surface area contributed by atoms with Crippen LogP contribution in [-0.4, -0.2) is 9.13 Å². The molecule has 11 rings (SSSR count). The molecule has 0 saturated heterocycles. The lowest BCUT2D eigenvalue weighted by Gasteiger charge is -2.25. The maximum absolute atomic E-state index is 2.47. The first kappa shape index (κ1) is 31.2. The van der Waals surface area contributed by atoms with E-state index in [0.717, 1.165) is 28.4 Å². The Morgan fingerprint density at radius 1 is 0.309 bits per heavy atom. The Balaban J connectivity index is 1.05. The number of anilines is 3. The van der Waals surface area contributed by atoms with Gasteiger partial charge in [0.25, 0.3) is 0 Å². The summed E-state index contributed by atoms with van der Waals surface area (Å²) < 4.78 is 4.90. The van der Waals surface area contributed by atoms with E-state index in [9.17, 15) is 0 Å². The van der Waals surface area contributed by atoms with Crippen LogP contribution in [-0.2, 0) is 0 Å². The van der Waals surface area contributed by atoms with E-state index in [0.29, 0.717) is 0 Å². The Morgan fingerprint density at radius 2 is 0.836 bits per heavy atom. The maximum atomic E-state index is 2.47. The molecule has 3 heteroatoms. The van der Waals surface area contributed by atoms with Crippen LogP contribution < -0.4 is 4.90 Å². The fourth-order valence-corrected chi connectivity index (χ4v) is 8.58. The zero-order valence-corrected chi connectivity index (χ0v) is 30.0. The van der Waals surface area contributed by atoms with Crippen molar-refractivity contribution in [2.75, 3.05) is 4.90 Å². The molecule has 0 saturated carbocycles. The molecule has 0 fully saturated rings. The van der Waals surface area contributed by atoms with Gasteiger partial charge in [-0.1, -0.05) is 133 Å². The fourth-order valence-electron chi connectivity index (χ4n) is 8.58. The quantitative estimate of drug-likeness (QED) is 0.168. The van der Waals surface area contributed by atoms with Crippen molar-refractivity contribution in [3.05, 3.63) is 212 Å². The largest absolute Gasteiger partial charge is 0.311 e. The summed E-state index contributed by atoms with van der Waals surface area (Å²) in [5.41, 5.74) is 12.9. The smallest absolute Gasteiger partial charge is 0.0641 e. The van der Waals surface area contributed by atoms with E-state index < -0.39 is 0 Å². The second kappa shape index (κ2) is 12.6. The third kappa shape index (κ3) is 5.05. The summed E-state index contributed by atoms with van der Waals surface area (Å²) in [6.07, 6.45) is 0. The molecule has 0 bridgehead atoms. The predicted octanol–water partition coefficient (Wildman–Crippen LogP) is 14.2. The number of hydrogen-bond acceptors (Lipinski definition) is 1. The summed E-state index contributed by atoms with van der Waals surface area (Å²) in [5, 5.41) is 7.50. The second-order valence-electron chi connectivity index (χ2n) is 14.2. The number of nitrogens with zero attached hydrogens (tertiary/aromatic N) is 3. The molecule has 0 aliphatic rings. The minimum absolute atomic E-state index is 1.12. The molecule has 0 radical (unpaired) electrons. The third-order valence-electron chi connectivity index (χ3n) is 11.1. The molecule has 2 aromatic heterocycles.